The fourth-order valence-electron chi connectivity index (χ4n) is 5.53. The van der Waals surface area contributed by atoms with Crippen LogP contribution in [0.3, 0.4) is 0 Å². The van der Waals surface area contributed by atoms with Gasteiger partial charge in [-0.3, -0.25) is 14.9 Å². The molecule has 1 fully saturated rings. The Labute approximate surface area is 237 Å². The van der Waals surface area contributed by atoms with Crippen LogP contribution < -0.4 is 11.1 Å². The van der Waals surface area contributed by atoms with Crippen LogP contribution in [-0.2, 0) is 4.79 Å². The summed E-state index contributed by atoms with van der Waals surface area (Å²) in [4.78, 5) is 25.5. The number of H-pyrrole nitrogens is 2. The average molecular weight is 548 g/mol. The van der Waals surface area contributed by atoms with Gasteiger partial charge in [-0.05, 0) is 57.0 Å². The minimum atomic E-state index is 0.0510. The highest BCUT2D eigenvalue weighted by atomic mass is 16.3. The summed E-state index contributed by atoms with van der Waals surface area (Å²) in [5.41, 5.74) is 14.5. The number of nitrogens with two attached hydrogens (primary N) is 1. The molecule has 0 atom stereocenters. The molecule has 0 saturated heterocycles. The molecule has 1 amide bonds. The van der Waals surface area contributed by atoms with Crippen LogP contribution in [0.4, 0.5) is 0 Å². The summed E-state index contributed by atoms with van der Waals surface area (Å²) < 4.78 is 5.29. The summed E-state index contributed by atoms with van der Waals surface area (Å²) in [5, 5.41) is 12.6. The van der Waals surface area contributed by atoms with E-state index in [0.29, 0.717) is 11.3 Å². The highest BCUT2D eigenvalue weighted by molar-refractivity contribution is 6.00. The van der Waals surface area contributed by atoms with Gasteiger partial charge in [0.15, 0.2) is 5.65 Å². The third-order valence-electron chi connectivity index (χ3n) is 7.57. The summed E-state index contributed by atoms with van der Waals surface area (Å²) in [5.74, 6) is 0.119. The van der Waals surface area contributed by atoms with Crippen LogP contribution in [0.25, 0.3) is 50.0 Å². The van der Waals surface area contributed by atoms with Crippen molar-refractivity contribution >= 4 is 33.4 Å². The summed E-state index contributed by atoms with van der Waals surface area (Å²) in [6.45, 7) is 4.01. The largest absolute Gasteiger partial charge is 0.472 e. The van der Waals surface area contributed by atoms with Gasteiger partial charge < -0.3 is 20.5 Å². The molecule has 5 heterocycles. The number of carbonyl (C=O) groups is 1. The van der Waals surface area contributed by atoms with E-state index in [1.165, 1.54) is 6.42 Å². The van der Waals surface area contributed by atoms with Crippen molar-refractivity contribution in [3.63, 3.8) is 0 Å². The molecular formula is C32H33N7O2. The number of amides is 1. The van der Waals surface area contributed by atoms with Crippen molar-refractivity contribution in [3.05, 3.63) is 84.5 Å². The second-order valence-electron chi connectivity index (χ2n) is 10.8. The van der Waals surface area contributed by atoms with E-state index in [1.54, 1.807) is 31.1 Å². The number of aromatic nitrogens is 5. The Morgan fingerprint density at radius 1 is 1.10 bits per heavy atom. The molecule has 208 valence electrons. The maximum atomic E-state index is 13.0. The molecule has 0 bridgehead atoms. The van der Waals surface area contributed by atoms with Gasteiger partial charge in [0.05, 0.1) is 35.6 Å². The van der Waals surface area contributed by atoms with E-state index in [0.717, 1.165) is 81.2 Å². The first-order valence-corrected chi connectivity index (χ1v) is 13.9. The zero-order valence-electron chi connectivity index (χ0n) is 23.2. The number of nitrogens with zero attached hydrogens (tertiary/aromatic N) is 3. The van der Waals surface area contributed by atoms with Crippen molar-refractivity contribution in [2.24, 2.45) is 11.7 Å². The minimum Gasteiger partial charge on any atom is -0.472 e. The molecule has 0 aliphatic heterocycles. The monoisotopic (exact) mass is 547 g/mol. The first-order chi connectivity index (χ1) is 20.0. The Morgan fingerprint density at radius 3 is 2.71 bits per heavy atom. The molecule has 9 nitrogen and oxygen atoms in total. The highest BCUT2D eigenvalue weighted by Gasteiger charge is 2.22. The quantitative estimate of drug-likeness (QED) is 0.169. The van der Waals surface area contributed by atoms with E-state index in [4.69, 9.17) is 10.2 Å². The van der Waals surface area contributed by atoms with Gasteiger partial charge in [-0.25, -0.2) is 4.98 Å². The number of furan rings is 1. The average Bonchev–Trinajstić information content (AvgIpc) is 3.75. The Kier molecular flexibility index (Phi) is 7.24. The van der Waals surface area contributed by atoms with Crippen molar-refractivity contribution < 1.29 is 9.21 Å². The van der Waals surface area contributed by atoms with Gasteiger partial charge in [0.25, 0.3) is 0 Å². The van der Waals surface area contributed by atoms with Crippen molar-refractivity contribution in [2.75, 3.05) is 0 Å². The lowest BCUT2D eigenvalue weighted by atomic mass is 9.88. The van der Waals surface area contributed by atoms with Crippen molar-refractivity contribution in [1.82, 2.24) is 30.5 Å². The number of fused-ring (bicyclic) bond motifs is 2. The summed E-state index contributed by atoms with van der Waals surface area (Å²) in [6.07, 6.45) is 19.4. The van der Waals surface area contributed by atoms with E-state index in [-0.39, 0.29) is 11.8 Å². The lowest BCUT2D eigenvalue weighted by molar-refractivity contribution is -0.125. The van der Waals surface area contributed by atoms with Crippen LogP contribution in [0.1, 0.15) is 51.5 Å². The molecule has 5 N–H and O–H groups in total. The third-order valence-corrected chi connectivity index (χ3v) is 7.57. The second kappa shape index (κ2) is 11.3. The Bertz CT molecular complexity index is 1790. The predicted molar refractivity (Wildman–Crippen MR) is 161 cm³/mol. The molecule has 0 unspecified atom stereocenters. The SMILES string of the molecule is CC(C)=C/C(=C\C(=C/N)c1cnc2n[nH]c(-c3cc4c(-c5ccoc5)cncc4[nH]3)c2c1)NC(=O)C1CCCCC1. The number of aromatic amines is 2. The lowest BCUT2D eigenvalue weighted by Gasteiger charge is -2.21. The number of pyridine rings is 2. The Balaban J connectivity index is 1.35. The maximum absolute atomic E-state index is 13.0. The Morgan fingerprint density at radius 2 is 1.95 bits per heavy atom. The zero-order valence-corrected chi connectivity index (χ0v) is 23.2. The highest BCUT2D eigenvalue weighted by Crippen LogP contribution is 2.34. The number of allylic oxidation sites excluding steroid dienone is 4. The number of hydrogen-bond acceptors (Lipinski definition) is 6. The van der Waals surface area contributed by atoms with Gasteiger partial charge >= 0.3 is 0 Å². The molecule has 41 heavy (non-hydrogen) atoms. The van der Waals surface area contributed by atoms with Gasteiger partial charge in [-0.15, -0.1) is 0 Å². The van der Waals surface area contributed by atoms with Gasteiger partial charge in [-0.2, -0.15) is 5.10 Å². The fraction of sp³-hybridized carbons (Fsp3) is 0.250. The summed E-state index contributed by atoms with van der Waals surface area (Å²) in [6, 6.07) is 6.01. The van der Waals surface area contributed by atoms with E-state index in [1.807, 2.05) is 44.3 Å². The van der Waals surface area contributed by atoms with Crippen molar-refractivity contribution in [1.29, 1.82) is 0 Å². The second-order valence-corrected chi connectivity index (χ2v) is 10.8. The molecule has 0 radical (unpaired) electrons. The Hall–Kier alpha value is -4.92. The van der Waals surface area contributed by atoms with Gasteiger partial charge in [0.2, 0.25) is 5.91 Å². The van der Waals surface area contributed by atoms with Crippen LogP contribution >= 0.6 is 0 Å². The van der Waals surface area contributed by atoms with Crippen LogP contribution in [0.15, 0.2) is 83.4 Å². The van der Waals surface area contributed by atoms with Crippen LogP contribution in [-0.4, -0.2) is 31.1 Å². The minimum absolute atomic E-state index is 0.0510. The first kappa shape index (κ1) is 26.3. The molecule has 1 saturated carbocycles. The molecular weight excluding hydrogens is 514 g/mol. The van der Waals surface area contributed by atoms with E-state index in [2.05, 4.69) is 36.5 Å². The fourth-order valence-corrected chi connectivity index (χ4v) is 5.53. The van der Waals surface area contributed by atoms with Gasteiger partial charge in [0, 0.05) is 63.2 Å². The first-order valence-electron chi connectivity index (χ1n) is 13.9. The van der Waals surface area contributed by atoms with Crippen molar-refractivity contribution in [3.8, 4) is 22.5 Å². The number of rotatable bonds is 7. The molecule has 1 aliphatic carbocycles. The van der Waals surface area contributed by atoms with Crippen LogP contribution in [0, 0.1) is 5.92 Å². The smallest absolute Gasteiger partial charge is 0.227 e. The molecule has 1 aliphatic rings. The molecule has 5 aromatic heterocycles. The number of carbonyl (C=O) groups excluding carboxylic acids is 1. The summed E-state index contributed by atoms with van der Waals surface area (Å²) in [7, 11) is 0. The molecule has 0 aromatic carbocycles. The summed E-state index contributed by atoms with van der Waals surface area (Å²) >= 11 is 0. The van der Waals surface area contributed by atoms with Crippen molar-refractivity contribution in [2.45, 2.75) is 46.0 Å². The molecule has 5 aromatic rings. The topological polar surface area (TPSA) is 139 Å². The van der Waals surface area contributed by atoms with Crippen LogP contribution in [0.2, 0.25) is 0 Å². The van der Waals surface area contributed by atoms with E-state index in [9.17, 15) is 4.79 Å². The zero-order chi connectivity index (χ0) is 28.3. The van der Waals surface area contributed by atoms with E-state index < -0.39 is 0 Å². The van der Waals surface area contributed by atoms with Crippen LogP contribution in [0.5, 0.6) is 0 Å². The maximum Gasteiger partial charge on any atom is 0.227 e. The lowest BCUT2D eigenvalue weighted by Crippen LogP contribution is -2.31. The van der Waals surface area contributed by atoms with Gasteiger partial charge in [0.1, 0.15) is 0 Å². The number of hydrogen-bond donors (Lipinski definition) is 4. The predicted octanol–water partition coefficient (Wildman–Crippen LogP) is 6.61. The molecule has 0 spiro atoms. The number of nitrogens with one attached hydrogen (secondary N) is 3. The molecule has 9 heteroatoms. The standard InChI is InChI=1S/C32H33N7O2/c1-19(2)10-24(36-32(40)20-6-4-3-5-7-20)11-22(14-33)23-12-26-30(38-39-31(26)35-15-23)28-13-25-27(21-8-9-41-18-21)16-34-17-29(25)37-28/h8-18,20,37H,3-7,33H2,1-2H3,(H,36,40)(H,35,38,39)/b22-14+,24-11+. The third kappa shape index (κ3) is 5.43. The normalized spacial score (nSPS) is 15.0. The van der Waals surface area contributed by atoms with E-state index >= 15 is 0 Å². The van der Waals surface area contributed by atoms with Gasteiger partial charge in [-0.1, -0.05) is 24.8 Å². The molecule has 6 rings (SSSR count).